The number of pyridine rings is 1. The Morgan fingerprint density at radius 3 is 3.00 bits per heavy atom. The standard InChI is InChI=1S/C11H16BrN3OS/c1-7-5-8(6-14-10(7)12)15-11(16)9(13)3-4-17-2/h5-6,9H,3-4,13H2,1-2H3,(H,15,16)/t9-/m0/s1. The molecule has 0 unspecified atom stereocenters. The largest absolute Gasteiger partial charge is 0.323 e. The van der Waals surface area contributed by atoms with Crippen LogP contribution in [0.25, 0.3) is 0 Å². The van der Waals surface area contributed by atoms with Crippen molar-refractivity contribution in [3.8, 4) is 0 Å². The summed E-state index contributed by atoms with van der Waals surface area (Å²) >= 11 is 4.99. The van der Waals surface area contributed by atoms with Gasteiger partial charge in [0.2, 0.25) is 5.91 Å². The maximum atomic E-state index is 11.7. The summed E-state index contributed by atoms with van der Waals surface area (Å²) in [5.41, 5.74) is 7.41. The molecular weight excluding hydrogens is 302 g/mol. The minimum atomic E-state index is -0.466. The molecule has 1 heterocycles. The van der Waals surface area contributed by atoms with Gasteiger partial charge in [0, 0.05) is 0 Å². The van der Waals surface area contributed by atoms with E-state index < -0.39 is 6.04 Å². The van der Waals surface area contributed by atoms with Crippen molar-refractivity contribution in [2.45, 2.75) is 19.4 Å². The first-order chi connectivity index (χ1) is 8.04. The van der Waals surface area contributed by atoms with Crippen molar-refractivity contribution in [2.75, 3.05) is 17.3 Å². The molecule has 0 aliphatic carbocycles. The first kappa shape index (κ1) is 14.5. The molecule has 1 rings (SSSR count). The van der Waals surface area contributed by atoms with Gasteiger partial charge in [-0.3, -0.25) is 4.79 Å². The van der Waals surface area contributed by atoms with Crippen molar-refractivity contribution in [3.63, 3.8) is 0 Å². The third-order valence-corrected chi connectivity index (χ3v) is 3.73. The van der Waals surface area contributed by atoms with Crippen LogP contribution in [0.3, 0.4) is 0 Å². The van der Waals surface area contributed by atoms with Crippen LogP contribution in [0, 0.1) is 6.92 Å². The number of carbonyl (C=O) groups excluding carboxylic acids is 1. The molecule has 0 aliphatic heterocycles. The Labute approximate surface area is 114 Å². The fraction of sp³-hybridized carbons (Fsp3) is 0.455. The summed E-state index contributed by atoms with van der Waals surface area (Å²) in [6, 6.07) is 1.39. The van der Waals surface area contributed by atoms with Gasteiger partial charge in [0.1, 0.15) is 4.60 Å². The van der Waals surface area contributed by atoms with Gasteiger partial charge >= 0.3 is 0 Å². The van der Waals surface area contributed by atoms with Crippen molar-refractivity contribution in [1.29, 1.82) is 0 Å². The lowest BCUT2D eigenvalue weighted by atomic mass is 10.2. The number of halogens is 1. The zero-order valence-electron chi connectivity index (χ0n) is 9.87. The summed E-state index contributed by atoms with van der Waals surface area (Å²) in [4.78, 5) is 15.8. The van der Waals surface area contributed by atoms with Gasteiger partial charge in [-0.2, -0.15) is 11.8 Å². The number of carbonyl (C=O) groups is 1. The van der Waals surface area contributed by atoms with E-state index in [9.17, 15) is 4.79 Å². The van der Waals surface area contributed by atoms with E-state index in [2.05, 4.69) is 26.2 Å². The summed E-state index contributed by atoms with van der Waals surface area (Å²) in [6.07, 6.45) is 4.28. The molecule has 0 saturated carbocycles. The molecule has 1 atom stereocenters. The summed E-state index contributed by atoms with van der Waals surface area (Å²) in [5.74, 6) is 0.717. The van der Waals surface area contributed by atoms with Gasteiger partial charge in [-0.1, -0.05) is 0 Å². The van der Waals surface area contributed by atoms with E-state index in [1.165, 1.54) is 0 Å². The Hall–Kier alpha value is -0.590. The van der Waals surface area contributed by atoms with Crippen molar-refractivity contribution in [3.05, 3.63) is 22.4 Å². The van der Waals surface area contributed by atoms with Crippen molar-refractivity contribution in [1.82, 2.24) is 4.98 Å². The number of anilines is 1. The van der Waals surface area contributed by atoms with Crippen LogP contribution in [0.2, 0.25) is 0 Å². The van der Waals surface area contributed by atoms with E-state index in [1.54, 1.807) is 18.0 Å². The molecule has 6 heteroatoms. The Morgan fingerprint density at radius 2 is 2.41 bits per heavy atom. The molecule has 0 fully saturated rings. The summed E-state index contributed by atoms with van der Waals surface area (Å²) in [6.45, 7) is 1.92. The molecule has 3 N–H and O–H groups in total. The molecule has 1 aromatic rings. The molecule has 0 spiro atoms. The minimum absolute atomic E-state index is 0.164. The minimum Gasteiger partial charge on any atom is -0.323 e. The Bertz CT molecular complexity index is 400. The molecule has 1 aromatic heterocycles. The van der Waals surface area contributed by atoms with Crippen LogP contribution in [-0.4, -0.2) is 28.9 Å². The second kappa shape index (κ2) is 6.98. The zero-order valence-corrected chi connectivity index (χ0v) is 12.3. The SMILES string of the molecule is CSCC[C@H](N)C(=O)Nc1cnc(Br)c(C)c1. The quantitative estimate of drug-likeness (QED) is 0.817. The molecule has 0 bridgehead atoms. The fourth-order valence-electron chi connectivity index (χ4n) is 1.24. The predicted molar refractivity (Wildman–Crippen MR) is 76.3 cm³/mol. The molecule has 0 aliphatic rings. The van der Waals surface area contributed by atoms with Crippen LogP contribution >= 0.6 is 27.7 Å². The predicted octanol–water partition coefficient (Wildman–Crippen LogP) is 2.17. The van der Waals surface area contributed by atoms with Crippen LogP contribution in [0.4, 0.5) is 5.69 Å². The molecule has 1 amide bonds. The summed E-state index contributed by atoms with van der Waals surface area (Å²) in [7, 11) is 0. The number of hydrogen-bond acceptors (Lipinski definition) is 4. The molecule has 0 aromatic carbocycles. The maximum Gasteiger partial charge on any atom is 0.241 e. The van der Waals surface area contributed by atoms with Crippen molar-refractivity contribution in [2.24, 2.45) is 5.73 Å². The van der Waals surface area contributed by atoms with E-state index in [4.69, 9.17) is 5.73 Å². The third kappa shape index (κ3) is 4.65. The average Bonchev–Trinajstić information content (AvgIpc) is 2.30. The molecule has 4 nitrogen and oxygen atoms in total. The number of rotatable bonds is 5. The second-order valence-corrected chi connectivity index (χ2v) is 5.45. The highest BCUT2D eigenvalue weighted by Gasteiger charge is 2.13. The van der Waals surface area contributed by atoms with Gasteiger partial charge in [-0.05, 0) is 52.9 Å². The van der Waals surface area contributed by atoms with Gasteiger partial charge in [0.15, 0.2) is 0 Å². The lowest BCUT2D eigenvalue weighted by Crippen LogP contribution is -2.36. The zero-order chi connectivity index (χ0) is 12.8. The highest BCUT2D eigenvalue weighted by Crippen LogP contribution is 2.16. The molecule has 0 saturated heterocycles. The first-order valence-corrected chi connectivity index (χ1v) is 7.40. The maximum absolute atomic E-state index is 11.7. The third-order valence-electron chi connectivity index (χ3n) is 2.25. The van der Waals surface area contributed by atoms with Crippen LogP contribution < -0.4 is 11.1 Å². The summed E-state index contributed by atoms with van der Waals surface area (Å²) in [5, 5.41) is 2.76. The van der Waals surface area contributed by atoms with E-state index in [-0.39, 0.29) is 5.91 Å². The molecular formula is C11H16BrN3OS. The van der Waals surface area contributed by atoms with Gasteiger partial charge in [-0.25, -0.2) is 4.98 Å². The molecule has 94 valence electrons. The van der Waals surface area contributed by atoms with Gasteiger partial charge in [0.05, 0.1) is 17.9 Å². The smallest absolute Gasteiger partial charge is 0.241 e. The second-order valence-electron chi connectivity index (χ2n) is 3.71. The lowest BCUT2D eigenvalue weighted by molar-refractivity contribution is -0.117. The number of thioether (sulfide) groups is 1. The first-order valence-electron chi connectivity index (χ1n) is 5.22. The van der Waals surface area contributed by atoms with E-state index in [1.807, 2.05) is 19.2 Å². The number of hydrogen-bond donors (Lipinski definition) is 2. The lowest BCUT2D eigenvalue weighted by Gasteiger charge is -2.11. The van der Waals surface area contributed by atoms with Crippen molar-refractivity contribution < 1.29 is 4.79 Å². The van der Waals surface area contributed by atoms with Gasteiger partial charge in [0.25, 0.3) is 0 Å². The Balaban J connectivity index is 2.58. The Kier molecular flexibility index (Phi) is 5.94. The molecule has 17 heavy (non-hydrogen) atoms. The van der Waals surface area contributed by atoms with Gasteiger partial charge in [-0.15, -0.1) is 0 Å². The van der Waals surface area contributed by atoms with E-state index in [0.717, 1.165) is 15.9 Å². The number of aromatic nitrogens is 1. The number of nitrogens with one attached hydrogen (secondary N) is 1. The number of amides is 1. The highest BCUT2D eigenvalue weighted by molar-refractivity contribution is 9.10. The normalized spacial score (nSPS) is 12.2. The fourth-order valence-corrected chi connectivity index (χ4v) is 1.94. The highest BCUT2D eigenvalue weighted by atomic mass is 79.9. The Morgan fingerprint density at radius 1 is 1.71 bits per heavy atom. The van der Waals surface area contributed by atoms with Crippen LogP contribution in [0.15, 0.2) is 16.9 Å². The topological polar surface area (TPSA) is 68.0 Å². The van der Waals surface area contributed by atoms with Gasteiger partial charge < -0.3 is 11.1 Å². The average molecular weight is 318 g/mol. The summed E-state index contributed by atoms with van der Waals surface area (Å²) < 4.78 is 0.780. The number of aryl methyl sites for hydroxylation is 1. The number of nitrogens with zero attached hydrogens (tertiary/aromatic N) is 1. The van der Waals surface area contributed by atoms with Crippen LogP contribution in [0.5, 0.6) is 0 Å². The van der Waals surface area contributed by atoms with E-state index >= 15 is 0 Å². The van der Waals surface area contributed by atoms with E-state index in [0.29, 0.717) is 12.1 Å². The van der Waals surface area contributed by atoms with Crippen molar-refractivity contribution >= 4 is 39.3 Å². The van der Waals surface area contributed by atoms with Crippen LogP contribution in [-0.2, 0) is 4.79 Å². The number of nitrogens with two attached hydrogens (primary N) is 1. The molecule has 0 radical (unpaired) electrons. The van der Waals surface area contributed by atoms with Crippen LogP contribution in [0.1, 0.15) is 12.0 Å². The monoisotopic (exact) mass is 317 g/mol.